The molecule has 14 heavy (non-hydrogen) atoms. The number of carbonyl (C=O) groups excluding carboxylic acids is 1. The van der Waals surface area contributed by atoms with Crippen molar-refractivity contribution in [3.8, 4) is 0 Å². The summed E-state index contributed by atoms with van der Waals surface area (Å²) in [6.07, 6.45) is 3.99. The molecule has 1 aliphatic carbocycles. The van der Waals surface area contributed by atoms with E-state index in [1.807, 2.05) is 0 Å². The van der Waals surface area contributed by atoms with E-state index in [0.29, 0.717) is 0 Å². The summed E-state index contributed by atoms with van der Waals surface area (Å²) in [6.45, 7) is 8.07. The third kappa shape index (κ3) is 2.46. The van der Waals surface area contributed by atoms with Crippen molar-refractivity contribution in [2.75, 3.05) is 6.61 Å². The highest BCUT2D eigenvalue weighted by atomic mass is 16.3. The van der Waals surface area contributed by atoms with Crippen LogP contribution in [0.15, 0.2) is 0 Å². The first-order valence-electron chi connectivity index (χ1n) is 4.93. The van der Waals surface area contributed by atoms with Crippen molar-refractivity contribution < 1.29 is 9.90 Å². The fourth-order valence-electron chi connectivity index (χ4n) is 1.66. The van der Waals surface area contributed by atoms with Crippen LogP contribution < -0.4 is 5.32 Å². The second-order valence-electron chi connectivity index (χ2n) is 4.01. The Morgan fingerprint density at radius 2 is 2.21 bits per heavy atom. The van der Waals surface area contributed by atoms with Crippen molar-refractivity contribution in [3.63, 3.8) is 0 Å². The van der Waals surface area contributed by atoms with Crippen LogP contribution in [-0.2, 0) is 4.79 Å². The summed E-state index contributed by atoms with van der Waals surface area (Å²) in [5.41, 5.74) is -1.14. The van der Waals surface area contributed by atoms with Crippen LogP contribution in [0.4, 0.5) is 0 Å². The molecule has 0 heterocycles. The van der Waals surface area contributed by atoms with E-state index < -0.39 is 5.66 Å². The molecule has 0 aromatic carbocycles. The van der Waals surface area contributed by atoms with Gasteiger partial charge in [0, 0.05) is 12.8 Å². The molecule has 1 aliphatic rings. The normalized spacial score (nSPS) is 21.2. The topological polar surface area (TPSA) is 53.7 Å². The lowest BCUT2D eigenvalue weighted by atomic mass is 10.1. The third-order valence-electron chi connectivity index (χ3n) is 2.67. The van der Waals surface area contributed by atoms with Gasteiger partial charge in [0.25, 0.3) is 0 Å². The summed E-state index contributed by atoms with van der Waals surface area (Å²) in [7, 11) is 0. The highest BCUT2D eigenvalue weighted by Gasteiger charge is 2.34. The Hall–Kier alpha value is -1.08. The van der Waals surface area contributed by atoms with E-state index in [9.17, 15) is 4.79 Å². The molecule has 1 fully saturated rings. The molecule has 0 aromatic rings. The number of hydrogen-bond acceptors (Lipinski definition) is 2. The highest BCUT2D eigenvalue weighted by molar-refractivity contribution is 5.79. The number of amides is 1. The van der Waals surface area contributed by atoms with E-state index >= 15 is 0 Å². The average Bonchev–Trinajstić information content (AvgIpc) is 2.70. The van der Waals surface area contributed by atoms with Gasteiger partial charge in [0.2, 0.25) is 5.91 Å². The lowest BCUT2D eigenvalue weighted by Gasteiger charge is -2.18. The number of nitrogens with zero attached hydrogens (tertiary/aromatic N) is 1. The van der Waals surface area contributed by atoms with Crippen LogP contribution in [0.5, 0.6) is 0 Å². The second-order valence-corrected chi connectivity index (χ2v) is 4.01. The molecule has 1 amide bonds. The van der Waals surface area contributed by atoms with Crippen LogP contribution in [0.25, 0.3) is 4.85 Å². The molecular formula is C10H16N2O2. The Bertz CT molecular complexity index is 253. The number of nitrogens with one attached hydrogen (secondary N) is 1. The Balaban J connectivity index is 2.51. The van der Waals surface area contributed by atoms with Gasteiger partial charge >= 0.3 is 5.66 Å². The van der Waals surface area contributed by atoms with Crippen molar-refractivity contribution in [1.29, 1.82) is 0 Å². The second kappa shape index (κ2) is 4.43. The van der Waals surface area contributed by atoms with Crippen LogP contribution in [0.1, 0.15) is 32.6 Å². The van der Waals surface area contributed by atoms with Gasteiger partial charge in [-0.15, -0.1) is 0 Å². The van der Waals surface area contributed by atoms with Gasteiger partial charge < -0.3 is 5.11 Å². The van der Waals surface area contributed by atoms with E-state index in [0.717, 1.165) is 25.7 Å². The summed E-state index contributed by atoms with van der Waals surface area (Å²) >= 11 is 0. The first-order valence-corrected chi connectivity index (χ1v) is 4.93. The molecule has 0 aromatic heterocycles. The molecule has 1 rings (SSSR count). The maximum absolute atomic E-state index is 11.6. The molecule has 0 saturated heterocycles. The van der Waals surface area contributed by atoms with Crippen molar-refractivity contribution >= 4 is 5.91 Å². The molecule has 0 spiro atoms. The Labute approximate surface area is 84.1 Å². The van der Waals surface area contributed by atoms with E-state index in [-0.39, 0.29) is 18.4 Å². The predicted octanol–water partition coefficient (Wildman–Crippen LogP) is 0.921. The summed E-state index contributed by atoms with van der Waals surface area (Å²) in [5.74, 6) is -0.0438. The maximum atomic E-state index is 11.6. The first-order chi connectivity index (χ1) is 6.61. The lowest BCUT2D eigenvalue weighted by Crippen LogP contribution is -2.48. The van der Waals surface area contributed by atoms with Crippen LogP contribution in [0.3, 0.4) is 0 Å². The van der Waals surface area contributed by atoms with Gasteiger partial charge in [0.05, 0.1) is 0 Å². The van der Waals surface area contributed by atoms with E-state index in [4.69, 9.17) is 11.7 Å². The summed E-state index contributed by atoms with van der Waals surface area (Å²) in [5, 5.41) is 11.5. The number of aliphatic hydroxyl groups is 1. The lowest BCUT2D eigenvalue weighted by molar-refractivity contribution is -0.126. The zero-order valence-electron chi connectivity index (χ0n) is 8.42. The van der Waals surface area contributed by atoms with Crippen LogP contribution in [0, 0.1) is 12.5 Å². The Kier molecular flexibility index (Phi) is 3.48. The van der Waals surface area contributed by atoms with Crippen LogP contribution >= 0.6 is 0 Å². The molecule has 0 bridgehead atoms. The van der Waals surface area contributed by atoms with Crippen molar-refractivity contribution in [3.05, 3.63) is 11.4 Å². The number of aliphatic hydroxyl groups excluding tert-OH is 1. The quantitative estimate of drug-likeness (QED) is 0.659. The SMILES string of the molecule is [C-]#[N+]C(C)(CO)NC(=O)C1CCCC1. The highest BCUT2D eigenvalue weighted by Crippen LogP contribution is 2.25. The predicted molar refractivity (Wildman–Crippen MR) is 52.2 cm³/mol. The number of rotatable bonds is 3. The van der Waals surface area contributed by atoms with Gasteiger partial charge in [-0.1, -0.05) is 12.8 Å². The largest absolute Gasteiger partial charge is 0.386 e. The van der Waals surface area contributed by atoms with E-state index in [1.165, 1.54) is 6.92 Å². The van der Waals surface area contributed by atoms with Gasteiger partial charge in [-0.25, -0.2) is 6.57 Å². The number of hydrogen-bond donors (Lipinski definition) is 2. The molecule has 0 aliphatic heterocycles. The smallest absolute Gasteiger partial charge is 0.327 e. The molecule has 4 heteroatoms. The number of carbonyl (C=O) groups is 1. The van der Waals surface area contributed by atoms with Gasteiger partial charge in [-0.3, -0.25) is 15.0 Å². The Morgan fingerprint density at radius 1 is 1.64 bits per heavy atom. The summed E-state index contributed by atoms with van der Waals surface area (Å²) < 4.78 is 0. The zero-order valence-corrected chi connectivity index (χ0v) is 8.42. The maximum Gasteiger partial charge on any atom is 0.327 e. The van der Waals surface area contributed by atoms with Crippen LogP contribution in [-0.4, -0.2) is 23.3 Å². The molecule has 1 atom stereocenters. The standard InChI is InChI=1S/C10H16N2O2/c1-10(7-13,11-2)12-9(14)8-5-3-4-6-8/h8,13H,3-7H2,1H3,(H,12,14). The monoisotopic (exact) mass is 196 g/mol. The van der Waals surface area contributed by atoms with Gasteiger partial charge in [0.15, 0.2) is 0 Å². The van der Waals surface area contributed by atoms with Gasteiger partial charge in [-0.05, 0) is 12.8 Å². The molecule has 2 N–H and O–H groups in total. The summed E-state index contributed by atoms with van der Waals surface area (Å²) in [4.78, 5) is 14.8. The van der Waals surface area contributed by atoms with E-state index in [1.54, 1.807) is 0 Å². The summed E-state index contributed by atoms with van der Waals surface area (Å²) in [6, 6.07) is 0. The Morgan fingerprint density at radius 3 is 2.64 bits per heavy atom. The molecular weight excluding hydrogens is 180 g/mol. The fraction of sp³-hybridized carbons (Fsp3) is 0.800. The van der Waals surface area contributed by atoms with Crippen LogP contribution in [0.2, 0.25) is 0 Å². The molecule has 1 unspecified atom stereocenters. The van der Waals surface area contributed by atoms with Crippen molar-refractivity contribution in [2.24, 2.45) is 5.92 Å². The third-order valence-corrected chi connectivity index (χ3v) is 2.67. The van der Waals surface area contributed by atoms with Gasteiger partial charge in [-0.2, -0.15) is 0 Å². The molecule has 1 saturated carbocycles. The van der Waals surface area contributed by atoms with Crippen molar-refractivity contribution in [2.45, 2.75) is 38.3 Å². The fourth-order valence-corrected chi connectivity index (χ4v) is 1.66. The molecule has 0 radical (unpaired) electrons. The molecule has 4 nitrogen and oxygen atoms in total. The average molecular weight is 196 g/mol. The minimum atomic E-state index is -1.14. The van der Waals surface area contributed by atoms with E-state index in [2.05, 4.69) is 10.2 Å². The minimum absolute atomic E-state index is 0.0441. The van der Waals surface area contributed by atoms with Gasteiger partial charge in [0.1, 0.15) is 6.61 Å². The molecule has 78 valence electrons. The zero-order chi connectivity index (χ0) is 10.6. The first kappa shape index (κ1) is 11.0. The van der Waals surface area contributed by atoms with Crippen molar-refractivity contribution in [1.82, 2.24) is 5.32 Å². The minimum Gasteiger partial charge on any atom is -0.386 e.